The Morgan fingerprint density at radius 2 is 1.46 bits per heavy atom. The van der Waals surface area contributed by atoms with Crippen LogP contribution in [0.3, 0.4) is 0 Å². The van der Waals surface area contributed by atoms with Crippen LogP contribution in [0.1, 0.15) is 21.5 Å². The molecule has 0 aliphatic rings. The van der Waals surface area contributed by atoms with E-state index < -0.39 is 0 Å². The minimum absolute atomic E-state index is 0.0276. The van der Waals surface area contributed by atoms with E-state index in [1.165, 1.54) is 11.1 Å². The first-order chi connectivity index (χ1) is 13.7. The van der Waals surface area contributed by atoms with Gasteiger partial charge in [-0.15, -0.1) is 11.8 Å². The van der Waals surface area contributed by atoms with Gasteiger partial charge in [-0.2, -0.15) is 11.8 Å². The van der Waals surface area contributed by atoms with Gasteiger partial charge in [0, 0.05) is 39.3 Å². The van der Waals surface area contributed by atoms with Crippen molar-refractivity contribution in [3.05, 3.63) is 101 Å². The summed E-state index contributed by atoms with van der Waals surface area (Å²) in [6, 6.07) is 26.1. The number of nitrogens with one attached hydrogen (secondary N) is 1. The van der Waals surface area contributed by atoms with Crippen LogP contribution in [0.15, 0.2) is 83.8 Å². The van der Waals surface area contributed by atoms with E-state index in [-0.39, 0.29) is 5.91 Å². The van der Waals surface area contributed by atoms with Crippen LogP contribution in [-0.2, 0) is 11.5 Å². The number of thioether (sulfide) groups is 2. The molecule has 0 heterocycles. The summed E-state index contributed by atoms with van der Waals surface area (Å²) in [5.41, 5.74) is 3.27. The van der Waals surface area contributed by atoms with Gasteiger partial charge in [-0.25, -0.2) is 0 Å². The van der Waals surface area contributed by atoms with Crippen LogP contribution in [0.2, 0.25) is 5.02 Å². The van der Waals surface area contributed by atoms with E-state index in [9.17, 15) is 4.79 Å². The first-order valence-corrected chi connectivity index (χ1v) is 11.6. The van der Waals surface area contributed by atoms with Crippen LogP contribution < -0.4 is 5.32 Å². The lowest BCUT2D eigenvalue weighted by atomic mass is 10.1. The van der Waals surface area contributed by atoms with Crippen molar-refractivity contribution in [2.75, 3.05) is 12.3 Å². The van der Waals surface area contributed by atoms with Gasteiger partial charge in [-0.1, -0.05) is 54.1 Å². The smallest absolute Gasteiger partial charge is 0.251 e. The van der Waals surface area contributed by atoms with Gasteiger partial charge in [0.25, 0.3) is 5.91 Å². The number of amides is 1. The van der Waals surface area contributed by atoms with Crippen molar-refractivity contribution >= 4 is 41.0 Å². The standard InChI is InChI=1S/C23H22ClNOS2/c24-21-10-12-22(13-11-21)28-15-14-25-23(26)20-8-6-19(7-9-20)17-27-16-18-4-2-1-3-5-18/h1-13H,14-17H2,(H,25,26). The highest BCUT2D eigenvalue weighted by atomic mass is 35.5. The molecule has 0 fully saturated rings. The topological polar surface area (TPSA) is 29.1 Å². The summed E-state index contributed by atoms with van der Waals surface area (Å²) in [6.07, 6.45) is 0. The van der Waals surface area contributed by atoms with Gasteiger partial charge in [-0.05, 0) is 47.5 Å². The molecular formula is C23H22ClNOS2. The number of carbonyl (C=O) groups is 1. The molecule has 1 amide bonds. The van der Waals surface area contributed by atoms with E-state index in [4.69, 9.17) is 11.6 Å². The number of rotatable bonds is 9. The van der Waals surface area contributed by atoms with E-state index >= 15 is 0 Å². The summed E-state index contributed by atoms with van der Waals surface area (Å²) in [4.78, 5) is 13.4. The van der Waals surface area contributed by atoms with Crippen LogP contribution in [0, 0.1) is 0 Å². The number of halogens is 1. The lowest BCUT2D eigenvalue weighted by Crippen LogP contribution is -2.25. The summed E-state index contributed by atoms with van der Waals surface area (Å²) >= 11 is 9.46. The third-order valence-corrected chi connectivity index (χ3v) is 6.41. The van der Waals surface area contributed by atoms with Crippen LogP contribution in [0.5, 0.6) is 0 Å². The average molecular weight is 428 g/mol. The van der Waals surface area contributed by atoms with E-state index in [0.29, 0.717) is 12.1 Å². The van der Waals surface area contributed by atoms with Gasteiger partial charge in [-0.3, -0.25) is 4.79 Å². The number of carbonyl (C=O) groups excluding carboxylic acids is 1. The Kier molecular flexibility index (Phi) is 8.34. The molecule has 0 atom stereocenters. The highest BCUT2D eigenvalue weighted by Gasteiger charge is 2.05. The molecule has 28 heavy (non-hydrogen) atoms. The van der Waals surface area contributed by atoms with Gasteiger partial charge in [0.05, 0.1) is 0 Å². The fraction of sp³-hybridized carbons (Fsp3) is 0.174. The minimum atomic E-state index is -0.0276. The molecule has 0 aliphatic carbocycles. The molecule has 0 saturated carbocycles. The fourth-order valence-electron chi connectivity index (χ4n) is 2.58. The van der Waals surface area contributed by atoms with E-state index in [1.807, 2.05) is 66.4 Å². The summed E-state index contributed by atoms with van der Waals surface area (Å²) in [7, 11) is 0. The largest absolute Gasteiger partial charge is 0.351 e. The highest BCUT2D eigenvalue weighted by molar-refractivity contribution is 7.99. The number of hydrogen-bond donors (Lipinski definition) is 1. The van der Waals surface area contributed by atoms with Crippen molar-refractivity contribution in [3.8, 4) is 0 Å². The van der Waals surface area contributed by atoms with Crippen molar-refractivity contribution in [1.82, 2.24) is 5.32 Å². The molecule has 3 rings (SSSR count). The minimum Gasteiger partial charge on any atom is -0.351 e. The normalized spacial score (nSPS) is 10.6. The molecule has 0 saturated heterocycles. The molecule has 144 valence electrons. The van der Waals surface area contributed by atoms with Crippen LogP contribution in [0.25, 0.3) is 0 Å². The first kappa shape index (κ1) is 20.8. The molecule has 5 heteroatoms. The van der Waals surface area contributed by atoms with Crippen molar-refractivity contribution in [1.29, 1.82) is 0 Å². The van der Waals surface area contributed by atoms with Gasteiger partial charge >= 0.3 is 0 Å². The Balaban J connectivity index is 1.37. The fourth-order valence-corrected chi connectivity index (χ4v) is 4.43. The third kappa shape index (κ3) is 6.93. The van der Waals surface area contributed by atoms with Gasteiger partial charge < -0.3 is 5.32 Å². The SMILES string of the molecule is O=C(NCCSc1ccc(Cl)cc1)c1ccc(CSCc2ccccc2)cc1. The third-order valence-electron chi connectivity index (χ3n) is 4.07. The molecule has 0 unspecified atom stereocenters. The predicted octanol–water partition coefficient (Wildman–Crippen LogP) is 6.30. The maximum absolute atomic E-state index is 12.3. The highest BCUT2D eigenvalue weighted by Crippen LogP contribution is 2.20. The predicted molar refractivity (Wildman–Crippen MR) is 122 cm³/mol. The molecule has 1 N–H and O–H groups in total. The zero-order chi connectivity index (χ0) is 19.6. The Bertz CT molecular complexity index is 867. The van der Waals surface area contributed by atoms with Crippen LogP contribution in [-0.4, -0.2) is 18.2 Å². The van der Waals surface area contributed by atoms with Crippen molar-refractivity contribution in [2.24, 2.45) is 0 Å². The number of benzene rings is 3. The molecule has 0 bridgehead atoms. The molecule has 0 aromatic heterocycles. The van der Waals surface area contributed by atoms with Crippen molar-refractivity contribution in [3.63, 3.8) is 0 Å². The summed E-state index contributed by atoms with van der Waals surface area (Å²) in [5.74, 6) is 2.73. The van der Waals surface area contributed by atoms with Crippen LogP contribution >= 0.6 is 35.1 Å². The van der Waals surface area contributed by atoms with Gasteiger partial charge in [0.1, 0.15) is 0 Å². The second-order valence-corrected chi connectivity index (χ2v) is 8.82. The monoisotopic (exact) mass is 427 g/mol. The van der Waals surface area contributed by atoms with Gasteiger partial charge in [0.2, 0.25) is 0 Å². The summed E-state index contributed by atoms with van der Waals surface area (Å²) < 4.78 is 0. The molecule has 0 spiro atoms. The molecule has 3 aromatic carbocycles. The molecular weight excluding hydrogens is 406 g/mol. The van der Waals surface area contributed by atoms with E-state index in [0.717, 1.165) is 27.2 Å². The van der Waals surface area contributed by atoms with E-state index in [2.05, 4.69) is 29.6 Å². The van der Waals surface area contributed by atoms with Crippen LogP contribution in [0.4, 0.5) is 0 Å². The molecule has 3 aromatic rings. The second-order valence-electron chi connectivity index (χ2n) is 6.23. The zero-order valence-electron chi connectivity index (χ0n) is 15.4. The Morgan fingerprint density at radius 1 is 0.821 bits per heavy atom. The van der Waals surface area contributed by atoms with E-state index in [1.54, 1.807) is 11.8 Å². The summed E-state index contributed by atoms with van der Waals surface area (Å²) in [5, 5.41) is 3.71. The Labute approximate surface area is 180 Å². The maximum Gasteiger partial charge on any atom is 0.251 e. The second kappa shape index (κ2) is 11.2. The Hall–Kier alpha value is -1.88. The molecule has 0 aliphatic heterocycles. The van der Waals surface area contributed by atoms with Crippen molar-refractivity contribution < 1.29 is 4.79 Å². The molecule has 0 radical (unpaired) electrons. The average Bonchev–Trinajstić information content (AvgIpc) is 2.73. The van der Waals surface area contributed by atoms with Crippen molar-refractivity contribution in [2.45, 2.75) is 16.4 Å². The lowest BCUT2D eigenvalue weighted by Gasteiger charge is -2.07. The maximum atomic E-state index is 12.3. The van der Waals surface area contributed by atoms with Gasteiger partial charge in [0.15, 0.2) is 0 Å². The quantitative estimate of drug-likeness (QED) is 0.321. The zero-order valence-corrected chi connectivity index (χ0v) is 17.8. The lowest BCUT2D eigenvalue weighted by molar-refractivity contribution is 0.0956. The summed E-state index contributed by atoms with van der Waals surface area (Å²) in [6.45, 7) is 0.626. The number of hydrogen-bond acceptors (Lipinski definition) is 3. The first-order valence-electron chi connectivity index (χ1n) is 9.08. The Morgan fingerprint density at radius 3 is 2.14 bits per heavy atom. The molecule has 2 nitrogen and oxygen atoms in total.